The summed E-state index contributed by atoms with van der Waals surface area (Å²) in [5.41, 5.74) is 3.30. The molecular formula is C24H33ClN2O5. The third-order valence-electron chi connectivity index (χ3n) is 5.66. The van der Waals surface area contributed by atoms with Crippen LogP contribution in [-0.4, -0.2) is 76.8 Å². The van der Waals surface area contributed by atoms with Gasteiger partial charge in [0.2, 0.25) is 5.75 Å². The molecule has 1 fully saturated rings. The molecule has 1 saturated heterocycles. The number of aliphatic hydroxyl groups excluding tert-OH is 1. The number of rotatable bonds is 10. The Bertz CT molecular complexity index is 862. The number of methoxy groups -OCH3 is 3. The lowest BCUT2D eigenvalue weighted by atomic mass is 10.1. The van der Waals surface area contributed by atoms with Crippen LogP contribution in [0.5, 0.6) is 17.2 Å². The van der Waals surface area contributed by atoms with E-state index in [4.69, 9.17) is 30.5 Å². The fraction of sp³-hybridized carbons (Fsp3) is 0.500. The van der Waals surface area contributed by atoms with E-state index in [1.807, 2.05) is 24.3 Å². The number of hydrogen-bond donors (Lipinski definition) is 1. The standard InChI is InChI=1S/C24H33ClN2O5/c1-17-5-6-19(25)13-21(17)27-9-7-26(8-10-27)14-20(28)16-32-15-18-11-22(29-2)24(31-4)23(12-18)30-3/h5-6,11-13,20,28H,7-10,14-16H2,1-4H3. The van der Waals surface area contributed by atoms with E-state index in [2.05, 4.69) is 22.8 Å². The lowest BCUT2D eigenvalue weighted by molar-refractivity contribution is 0.00905. The highest BCUT2D eigenvalue weighted by molar-refractivity contribution is 6.30. The first-order valence-corrected chi connectivity index (χ1v) is 11.1. The van der Waals surface area contributed by atoms with Gasteiger partial charge in [0.1, 0.15) is 0 Å². The maximum absolute atomic E-state index is 10.5. The van der Waals surface area contributed by atoms with Crippen molar-refractivity contribution in [2.45, 2.75) is 19.6 Å². The topological polar surface area (TPSA) is 63.6 Å². The van der Waals surface area contributed by atoms with Crippen LogP contribution in [-0.2, 0) is 11.3 Å². The second-order valence-electron chi connectivity index (χ2n) is 7.92. The monoisotopic (exact) mass is 464 g/mol. The molecule has 1 atom stereocenters. The summed E-state index contributed by atoms with van der Waals surface area (Å²) < 4.78 is 21.9. The molecule has 1 aliphatic rings. The van der Waals surface area contributed by atoms with Crippen molar-refractivity contribution in [2.75, 3.05) is 65.6 Å². The van der Waals surface area contributed by atoms with Crippen LogP contribution in [0.25, 0.3) is 0 Å². The van der Waals surface area contributed by atoms with Gasteiger partial charge in [0, 0.05) is 43.4 Å². The number of aliphatic hydroxyl groups is 1. The minimum absolute atomic E-state index is 0.254. The molecule has 7 nitrogen and oxygen atoms in total. The molecule has 0 bridgehead atoms. The largest absolute Gasteiger partial charge is 0.493 e. The number of ether oxygens (including phenoxy) is 4. The van der Waals surface area contributed by atoms with E-state index in [0.717, 1.165) is 36.8 Å². The zero-order chi connectivity index (χ0) is 23.1. The molecule has 3 rings (SSSR count). The maximum atomic E-state index is 10.5. The quantitative estimate of drug-likeness (QED) is 0.578. The van der Waals surface area contributed by atoms with E-state index in [9.17, 15) is 5.11 Å². The molecule has 0 aromatic heterocycles. The molecule has 0 spiro atoms. The molecule has 1 N–H and O–H groups in total. The Morgan fingerprint density at radius 3 is 2.22 bits per heavy atom. The van der Waals surface area contributed by atoms with Crippen LogP contribution in [0.4, 0.5) is 5.69 Å². The number of benzene rings is 2. The highest BCUT2D eigenvalue weighted by atomic mass is 35.5. The van der Waals surface area contributed by atoms with E-state index in [0.29, 0.717) is 30.4 Å². The maximum Gasteiger partial charge on any atom is 0.203 e. The second kappa shape index (κ2) is 11.6. The van der Waals surface area contributed by atoms with Gasteiger partial charge in [-0.15, -0.1) is 0 Å². The summed E-state index contributed by atoms with van der Waals surface area (Å²) in [6.45, 7) is 6.86. The van der Waals surface area contributed by atoms with Crippen LogP contribution >= 0.6 is 11.6 Å². The summed E-state index contributed by atoms with van der Waals surface area (Å²) in [7, 11) is 4.74. The smallest absolute Gasteiger partial charge is 0.203 e. The lowest BCUT2D eigenvalue weighted by Crippen LogP contribution is -2.49. The molecule has 0 saturated carbocycles. The van der Waals surface area contributed by atoms with Crippen molar-refractivity contribution in [3.8, 4) is 17.2 Å². The van der Waals surface area contributed by atoms with E-state index in [-0.39, 0.29) is 6.61 Å². The van der Waals surface area contributed by atoms with E-state index < -0.39 is 6.10 Å². The zero-order valence-electron chi connectivity index (χ0n) is 19.3. The van der Waals surface area contributed by atoms with Gasteiger partial charge >= 0.3 is 0 Å². The molecule has 8 heteroatoms. The van der Waals surface area contributed by atoms with Crippen LogP contribution in [0.2, 0.25) is 5.02 Å². The van der Waals surface area contributed by atoms with E-state index in [1.54, 1.807) is 21.3 Å². The van der Waals surface area contributed by atoms with Crippen molar-refractivity contribution in [1.29, 1.82) is 0 Å². The van der Waals surface area contributed by atoms with Gasteiger partial charge in [-0.3, -0.25) is 4.90 Å². The Morgan fingerprint density at radius 1 is 0.969 bits per heavy atom. The molecule has 0 radical (unpaired) electrons. The number of nitrogens with zero attached hydrogens (tertiary/aromatic N) is 2. The molecule has 1 unspecified atom stereocenters. The Hall–Kier alpha value is -2.19. The number of piperazine rings is 1. The number of hydrogen-bond acceptors (Lipinski definition) is 7. The van der Waals surface area contributed by atoms with Crippen molar-refractivity contribution >= 4 is 17.3 Å². The van der Waals surface area contributed by atoms with Crippen LogP contribution in [0.3, 0.4) is 0 Å². The average molecular weight is 465 g/mol. The fourth-order valence-electron chi connectivity index (χ4n) is 3.98. The second-order valence-corrected chi connectivity index (χ2v) is 8.36. The summed E-state index contributed by atoms with van der Waals surface area (Å²) >= 11 is 6.17. The SMILES string of the molecule is COc1cc(COCC(O)CN2CCN(c3cc(Cl)ccc3C)CC2)cc(OC)c1OC. The molecule has 1 aliphatic heterocycles. The zero-order valence-corrected chi connectivity index (χ0v) is 20.0. The number of β-amino-alcohol motifs (C(OH)–C–C–N with tert-alkyl or cyclic N) is 1. The summed E-state index contributed by atoms with van der Waals surface area (Å²) in [5.74, 6) is 1.71. The van der Waals surface area contributed by atoms with Gasteiger partial charge in [-0.1, -0.05) is 17.7 Å². The van der Waals surface area contributed by atoms with Gasteiger partial charge in [-0.2, -0.15) is 0 Å². The molecular weight excluding hydrogens is 432 g/mol. The summed E-state index contributed by atoms with van der Waals surface area (Å²) in [6.07, 6.45) is -0.559. The summed E-state index contributed by atoms with van der Waals surface area (Å²) in [4.78, 5) is 4.62. The van der Waals surface area contributed by atoms with Crippen LogP contribution in [0, 0.1) is 6.92 Å². The third kappa shape index (κ3) is 6.19. The van der Waals surface area contributed by atoms with E-state index >= 15 is 0 Å². The highest BCUT2D eigenvalue weighted by Crippen LogP contribution is 2.38. The lowest BCUT2D eigenvalue weighted by Gasteiger charge is -2.37. The normalized spacial score (nSPS) is 15.5. The van der Waals surface area contributed by atoms with Crippen LogP contribution < -0.4 is 19.1 Å². The first-order chi connectivity index (χ1) is 15.4. The Balaban J connectivity index is 1.45. The Labute approximate surface area is 195 Å². The van der Waals surface area contributed by atoms with Gasteiger partial charge in [0.05, 0.1) is 40.6 Å². The summed E-state index contributed by atoms with van der Waals surface area (Å²) in [5, 5.41) is 11.2. The fourth-order valence-corrected chi connectivity index (χ4v) is 4.14. The molecule has 0 amide bonds. The van der Waals surface area contributed by atoms with Crippen molar-refractivity contribution < 1.29 is 24.1 Å². The predicted molar refractivity (Wildman–Crippen MR) is 127 cm³/mol. The van der Waals surface area contributed by atoms with Crippen LogP contribution in [0.15, 0.2) is 30.3 Å². The number of halogens is 1. The molecule has 176 valence electrons. The van der Waals surface area contributed by atoms with Crippen molar-refractivity contribution in [3.05, 3.63) is 46.5 Å². The molecule has 32 heavy (non-hydrogen) atoms. The molecule has 2 aromatic carbocycles. The van der Waals surface area contributed by atoms with Gasteiger partial charge in [-0.05, 0) is 42.3 Å². The van der Waals surface area contributed by atoms with Gasteiger partial charge in [0.25, 0.3) is 0 Å². The van der Waals surface area contributed by atoms with Gasteiger partial charge in [-0.25, -0.2) is 0 Å². The number of aryl methyl sites for hydroxylation is 1. The van der Waals surface area contributed by atoms with Gasteiger partial charge in [0.15, 0.2) is 11.5 Å². The molecule has 2 aromatic rings. The average Bonchev–Trinajstić information content (AvgIpc) is 2.80. The van der Waals surface area contributed by atoms with Gasteiger partial charge < -0.3 is 29.0 Å². The minimum Gasteiger partial charge on any atom is -0.493 e. The first-order valence-electron chi connectivity index (χ1n) is 10.7. The highest BCUT2D eigenvalue weighted by Gasteiger charge is 2.21. The minimum atomic E-state index is -0.559. The number of anilines is 1. The molecule has 0 aliphatic carbocycles. The predicted octanol–water partition coefficient (Wildman–Crippen LogP) is 3.37. The first kappa shape index (κ1) is 24.5. The van der Waals surface area contributed by atoms with Crippen molar-refractivity contribution in [1.82, 2.24) is 4.90 Å². The van der Waals surface area contributed by atoms with E-state index in [1.165, 1.54) is 11.3 Å². The van der Waals surface area contributed by atoms with Crippen molar-refractivity contribution in [2.24, 2.45) is 0 Å². The third-order valence-corrected chi connectivity index (χ3v) is 5.89. The summed E-state index contributed by atoms with van der Waals surface area (Å²) in [6, 6.07) is 9.71. The van der Waals surface area contributed by atoms with Crippen molar-refractivity contribution in [3.63, 3.8) is 0 Å². The van der Waals surface area contributed by atoms with Crippen LogP contribution in [0.1, 0.15) is 11.1 Å². The Kier molecular flexibility index (Phi) is 8.87. The molecule has 1 heterocycles. The Morgan fingerprint density at radius 2 is 1.62 bits per heavy atom.